The zero-order valence-electron chi connectivity index (χ0n) is 8.53. The van der Waals surface area contributed by atoms with Crippen LogP contribution in [-0.2, 0) is 0 Å². The third-order valence-electron chi connectivity index (χ3n) is 2.07. The summed E-state index contributed by atoms with van der Waals surface area (Å²) in [5.41, 5.74) is 5.99. The Kier molecular flexibility index (Phi) is 3.64. The van der Waals surface area contributed by atoms with E-state index in [1.807, 2.05) is 6.92 Å². The zero-order chi connectivity index (χ0) is 10.6. The van der Waals surface area contributed by atoms with Crippen molar-refractivity contribution in [3.8, 4) is 0 Å². The molecule has 14 heavy (non-hydrogen) atoms. The molecule has 0 aliphatic carbocycles. The van der Waals surface area contributed by atoms with Gasteiger partial charge < -0.3 is 10.6 Å². The van der Waals surface area contributed by atoms with Gasteiger partial charge in [0.15, 0.2) is 0 Å². The predicted octanol–water partition coefficient (Wildman–Crippen LogP) is 0.0765. The lowest BCUT2D eigenvalue weighted by molar-refractivity contribution is 0.0771. The SMILES string of the molecule is CC(CN)CN(C)C(=O)c1ccn[nH]1. The highest BCUT2D eigenvalue weighted by atomic mass is 16.2. The molecule has 0 saturated heterocycles. The number of hydrogen-bond acceptors (Lipinski definition) is 3. The molecule has 78 valence electrons. The topological polar surface area (TPSA) is 75.0 Å². The van der Waals surface area contributed by atoms with Crippen molar-refractivity contribution < 1.29 is 4.79 Å². The van der Waals surface area contributed by atoms with Crippen molar-refractivity contribution in [1.29, 1.82) is 0 Å². The van der Waals surface area contributed by atoms with E-state index in [2.05, 4.69) is 10.2 Å². The van der Waals surface area contributed by atoms with Crippen molar-refractivity contribution in [2.45, 2.75) is 6.92 Å². The lowest BCUT2D eigenvalue weighted by atomic mass is 10.2. The van der Waals surface area contributed by atoms with E-state index in [1.165, 1.54) is 0 Å². The molecular weight excluding hydrogens is 180 g/mol. The zero-order valence-corrected chi connectivity index (χ0v) is 8.53. The number of carbonyl (C=O) groups excluding carboxylic acids is 1. The molecule has 0 radical (unpaired) electrons. The lowest BCUT2D eigenvalue weighted by Gasteiger charge is -2.19. The number of nitrogens with zero attached hydrogens (tertiary/aromatic N) is 2. The van der Waals surface area contributed by atoms with E-state index < -0.39 is 0 Å². The molecule has 1 aromatic heterocycles. The minimum atomic E-state index is -0.0530. The number of H-pyrrole nitrogens is 1. The van der Waals surface area contributed by atoms with Gasteiger partial charge in [-0.25, -0.2) is 0 Å². The number of nitrogens with one attached hydrogen (secondary N) is 1. The van der Waals surface area contributed by atoms with E-state index in [9.17, 15) is 4.79 Å². The van der Waals surface area contributed by atoms with E-state index >= 15 is 0 Å². The van der Waals surface area contributed by atoms with Crippen molar-refractivity contribution in [3.05, 3.63) is 18.0 Å². The Morgan fingerprint density at radius 3 is 3.00 bits per heavy atom. The van der Waals surface area contributed by atoms with Crippen molar-refractivity contribution in [3.63, 3.8) is 0 Å². The average molecular weight is 196 g/mol. The van der Waals surface area contributed by atoms with Crippen LogP contribution in [0.5, 0.6) is 0 Å². The number of aromatic amines is 1. The molecule has 0 bridgehead atoms. The molecule has 0 aliphatic rings. The van der Waals surface area contributed by atoms with Crippen molar-refractivity contribution >= 4 is 5.91 Å². The first kappa shape index (κ1) is 10.7. The van der Waals surface area contributed by atoms with Crippen LogP contribution < -0.4 is 5.73 Å². The molecule has 0 saturated carbocycles. The maximum Gasteiger partial charge on any atom is 0.271 e. The van der Waals surface area contributed by atoms with Gasteiger partial charge in [0.05, 0.1) is 0 Å². The van der Waals surface area contributed by atoms with Gasteiger partial charge in [0.1, 0.15) is 5.69 Å². The minimum absolute atomic E-state index is 0.0530. The van der Waals surface area contributed by atoms with Crippen molar-refractivity contribution in [2.75, 3.05) is 20.1 Å². The van der Waals surface area contributed by atoms with Crippen LogP contribution in [0.1, 0.15) is 17.4 Å². The van der Waals surface area contributed by atoms with Crippen LogP contribution in [0.3, 0.4) is 0 Å². The monoisotopic (exact) mass is 196 g/mol. The Morgan fingerprint density at radius 2 is 2.50 bits per heavy atom. The molecule has 5 heteroatoms. The van der Waals surface area contributed by atoms with Gasteiger partial charge in [0.25, 0.3) is 5.91 Å². The number of carbonyl (C=O) groups is 1. The third kappa shape index (κ3) is 2.56. The molecule has 3 N–H and O–H groups in total. The highest BCUT2D eigenvalue weighted by Gasteiger charge is 2.14. The fraction of sp³-hybridized carbons (Fsp3) is 0.556. The Hall–Kier alpha value is -1.36. The van der Waals surface area contributed by atoms with Crippen LogP contribution >= 0.6 is 0 Å². The van der Waals surface area contributed by atoms with Gasteiger partial charge in [-0.1, -0.05) is 6.92 Å². The summed E-state index contributed by atoms with van der Waals surface area (Å²) in [5.74, 6) is 0.259. The number of aromatic nitrogens is 2. The fourth-order valence-electron chi connectivity index (χ4n) is 1.21. The van der Waals surface area contributed by atoms with E-state index in [0.29, 0.717) is 24.7 Å². The Morgan fingerprint density at radius 1 is 1.79 bits per heavy atom. The summed E-state index contributed by atoms with van der Waals surface area (Å²) in [6, 6.07) is 1.66. The van der Waals surface area contributed by atoms with Crippen molar-refractivity contribution in [1.82, 2.24) is 15.1 Å². The first-order chi connectivity index (χ1) is 6.65. The second-order valence-corrected chi connectivity index (χ2v) is 3.50. The molecular formula is C9H16N4O. The first-order valence-corrected chi connectivity index (χ1v) is 4.60. The highest BCUT2D eigenvalue weighted by molar-refractivity contribution is 5.91. The predicted molar refractivity (Wildman–Crippen MR) is 53.8 cm³/mol. The van der Waals surface area contributed by atoms with Crippen LogP contribution in [0.15, 0.2) is 12.3 Å². The molecule has 5 nitrogen and oxygen atoms in total. The maximum atomic E-state index is 11.7. The summed E-state index contributed by atoms with van der Waals surface area (Å²) < 4.78 is 0. The summed E-state index contributed by atoms with van der Waals surface area (Å²) in [5, 5.41) is 6.36. The van der Waals surface area contributed by atoms with E-state index in [4.69, 9.17) is 5.73 Å². The molecule has 1 aromatic rings. The minimum Gasteiger partial charge on any atom is -0.340 e. The number of hydrogen-bond donors (Lipinski definition) is 2. The second-order valence-electron chi connectivity index (χ2n) is 3.50. The van der Waals surface area contributed by atoms with E-state index in [-0.39, 0.29) is 5.91 Å². The van der Waals surface area contributed by atoms with Crippen LogP contribution in [0.2, 0.25) is 0 Å². The highest BCUT2D eigenvalue weighted by Crippen LogP contribution is 2.01. The molecule has 1 heterocycles. The number of amides is 1. The summed E-state index contributed by atoms with van der Waals surface area (Å²) in [6.07, 6.45) is 1.56. The molecule has 0 aliphatic heterocycles. The molecule has 1 rings (SSSR count). The van der Waals surface area contributed by atoms with Crippen molar-refractivity contribution in [2.24, 2.45) is 11.7 Å². The van der Waals surface area contributed by atoms with E-state index in [1.54, 1.807) is 24.2 Å². The Bertz CT molecular complexity index is 283. The van der Waals surface area contributed by atoms with Gasteiger partial charge in [-0.05, 0) is 18.5 Å². The third-order valence-corrected chi connectivity index (χ3v) is 2.07. The molecule has 1 amide bonds. The molecule has 0 aromatic carbocycles. The number of rotatable bonds is 4. The summed E-state index contributed by atoms with van der Waals surface area (Å²) in [7, 11) is 1.76. The Labute approximate surface area is 83.3 Å². The van der Waals surface area contributed by atoms with Gasteiger partial charge in [-0.3, -0.25) is 9.89 Å². The van der Waals surface area contributed by atoms with Gasteiger partial charge in [0, 0.05) is 19.8 Å². The quantitative estimate of drug-likeness (QED) is 0.716. The second kappa shape index (κ2) is 4.76. The average Bonchev–Trinajstić information content (AvgIpc) is 2.69. The van der Waals surface area contributed by atoms with Crippen LogP contribution in [0.25, 0.3) is 0 Å². The number of nitrogens with two attached hydrogens (primary N) is 1. The van der Waals surface area contributed by atoms with Crippen LogP contribution in [0, 0.1) is 5.92 Å². The van der Waals surface area contributed by atoms with Crippen LogP contribution in [-0.4, -0.2) is 41.1 Å². The lowest BCUT2D eigenvalue weighted by Crippen LogP contribution is -2.33. The van der Waals surface area contributed by atoms with Crippen LogP contribution in [0.4, 0.5) is 0 Å². The largest absolute Gasteiger partial charge is 0.340 e. The van der Waals surface area contributed by atoms with Gasteiger partial charge >= 0.3 is 0 Å². The summed E-state index contributed by atoms with van der Waals surface area (Å²) in [6.45, 7) is 3.26. The van der Waals surface area contributed by atoms with Gasteiger partial charge in [0.2, 0.25) is 0 Å². The van der Waals surface area contributed by atoms with E-state index in [0.717, 1.165) is 0 Å². The summed E-state index contributed by atoms with van der Waals surface area (Å²) >= 11 is 0. The molecule has 1 unspecified atom stereocenters. The van der Waals surface area contributed by atoms with Gasteiger partial charge in [-0.2, -0.15) is 5.10 Å². The fourth-order valence-corrected chi connectivity index (χ4v) is 1.21. The molecule has 1 atom stereocenters. The standard InChI is InChI=1S/C9H16N4O/c1-7(5-10)6-13(2)9(14)8-3-4-11-12-8/h3-4,7H,5-6,10H2,1-2H3,(H,11,12). The Balaban J connectivity index is 2.53. The maximum absolute atomic E-state index is 11.7. The van der Waals surface area contributed by atoms with Gasteiger partial charge in [-0.15, -0.1) is 0 Å². The first-order valence-electron chi connectivity index (χ1n) is 4.60. The summed E-state index contributed by atoms with van der Waals surface area (Å²) in [4.78, 5) is 13.3. The molecule has 0 fully saturated rings. The smallest absolute Gasteiger partial charge is 0.271 e. The normalized spacial score (nSPS) is 12.5. The molecule has 0 spiro atoms.